The quantitative estimate of drug-likeness (QED) is 0.437. The summed E-state index contributed by atoms with van der Waals surface area (Å²) in [6.07, 6.45) is 4.45. The third-order valence-electron chi connectivity index (χ3n) is 3.59. The first-order chi connectivity index (χ1) is 10.5. The fraction of sp³-hybridized carbons (Fsp3) is 0.588. The molecule has 0 unspecified atom stereocenters. The first-order valence-corrected chi connectivity index (χ1v) is 9.09. The van der Waals surface area contributed by atoms with Crippen LogP contribution in [0.5, 0.6) is 0 Å². The molecular formula is C17H28FN3S. The Morgan fingerprint density at radius 1 is 1.23 bits per heavy atom. The first kappa shape index (κ1) is 18.8. The molecule has 0 atom stereocenters. The predicted molar refractivity (Wildman–Crippen MR) is 96.4 cm³/mol. The monoisotopic (exact) mass is 325 g/mol. The summed E-state index contributed by atoms with van der Waals surface area (Å²) in [6, 6.07) is 6.95. The molecule has 3 nitrogen and oxygen atoms in total. The third kappa shape index (κ3) is 6.26. The number of halogens is 1. The van der Waals surface area contributed by atoms with Crippen molar-refractivity contribution in [2.45, 2.75) is 32.1 Å². The third-order valence-corrected chi connectivity index (χ3v) is 4.29. The van der Waals surface area contributed by atoms with Gasteiger partial charge in [-0.2, -0.15) is 11.8 Å². The van der Waals surface area contributed by atoms with Gasteiger partial charge >= 0.3 is 0 Å². The molecule has 1 aromatic carbocycles. The zero-order valence-electron chi connectivity index (χ0n) is 14.1. The molecule has 0 aliphatic heterocycles. The van der Waals surface area contributed by atoms with Crippen molar-refractivity contribution in [1.82, 2.24) is 10.6 Å². The Hall–Kier alpha value is -1.23. The van der Waals surface area contributed by atoms with Gasteiger partial charge in [-0.3, -0.25) is 4.99 Å². The summed E-state index contributed by atoms with van der Waals surface area (Å²) in [6.45, 7) is 5.59. The topological polar surface area (TPSA) is 36.4 Å². The Balaban J connectivity index is 2.47. The lowest BCUT2D eigenvalue weighted by Crippen LogP contribution is -2.44. The predicted octanol–water partition coefficient (Wildman–Crippen LogP) is 3.41. The molecule has 0 saturated heterocycles. The van der Waals surface area contributed by atoms with E-state index in [0.29, 0.717) is 6.54 Å². The normalized spacial score (nSPS) is 12.3. The van der Waals surface area contributed by atoms with Crippen LogP contribution in [0.1, 0.15) is 32.3 Å². The van der Waals surface area contributed by atoms with Crippen LogP contribution in [0.3, 0.4) is 0 Å². The Bertz CT molecular complexity index is 475. The molecule has 2 N–H and O–H groups in total. The minimum atomic E-state index is -0.304. The van der Waals surface area contributed by atoms with Gasteiger partial charge < -0.3 is 10.6 Å². The smallest absolute Gasteiger partial charge is 0.191 e. The molecule has 0 aliphatic rings. The van der Waals surface area contributed by atoms with Gasteiger partial charge in [0, 0.05) is 25.6 Å². The highest BCUT2D eigenvalue weighted by Gasteiger charge is 2.24. The van der Waals surface area contributed by atoms with Crippen LogP contribution in [0.4, 0.5) is 4.39 Å². The maximum Gasteiger partial charge on any atom is 0.191 e. The largest absolute Gasteiger partial charge is 0.356 e. The summed E-state index contributed by atoms with van der Waals surface area (Å²) in [5.74, 6) is 1.80. The molecule has 0 bridgehead atoms. The number of thioether (sulfide) groups is 1. The van der Waals surface area contributed by atoms with Crippen molar-refractivity contribution >= 4 is 17.7 Å². The SMILES string of the molecule is CN=C(NCCCCSC)NCC(C)(C)c1ccccc1F. The van der Waals surface area contributed by atoms with E-state index in [2.05, 4.69) is 21.9 Å². The summed E-state index contributed by atoms with van der Waals surface area (Å²) in [4.78, 5) is 4.22. The second-order valence-corrected chi connectivity index (χ2v) is 6.90. The highest BCUT2D eigenvalue weighted by Crippen LogP contribution is 2.24. The lowest BCUT2D eigenvalue weighted by Gasteiger charge is -2.27. The lowest BCUT2D eigenvalue weighted by molar-refractivity contribution is 0.473. The van der Waals surface area contributed by atoms with Gasteiger partial charge in [0.15, 0.2) is 5.96 Å². The zero-order valence-corrected chi connectivity index (χ0v) is 14.9. The van der Waals surface area contributed by atoms with E-state index in [9.17, 15) is 4.39 Å². The summed E-state index contributed by atoms with van der Waals surface area (Å²) < 4.78 is 13.9. The number of rotatable bonds is 8. The number of aliphatic imine (C=N–C) groups is 1. The number of nitrogens with one attached hydrogen (secondary N) is 2. The average molecular weight is 325 g/mol. The van der Waals surface area contributed by atoms with Crippen molar-refractivity contribution in [2.75, 3.05) is 32.1 Å². The van der Waals surface area contributed by atoms with E-state index in [1.54, 1.807) is 13.1 Å². The molecule has 0 heterocycles. The van der Waals surface area contributed by atoms with Crippen molar-refractivity contribution in [1.29, 1.82) is 0 Å². The molecule has 1 aromatic rings. The summed E-state index contributed by atoms with van der Waals surface area (Å²) in [5.41, 5.74) is 0.417. The van der Waals surface area contributed by atoms with Gasteiger partial charge in [0.2, 0.25) is 0 Å². The van der Waals surface area contributed by atoms with Crippen molar-refractivity contribution in [3.63, 3.8) is 0 Å². The van der Waals surface area contributed by atoms with Crippen molar-refractivity contribution in [3.05, 3.63) is 35.6 Å². The molecule has 0 aromatic heterocycles. The number of nitrogens with zero attached hydrogens (tertiary/aromatic N) is 1. The highest BCUT2D eigenvalue weighted by atomic mass is 32.2. The van der Waals surface area contributed by atoms with E-state index < -0.39 is 0 Å². The summed E-state index contributed by atoms with van der Waals surface area (Å²) in [5, 5.41) is 6.60. The number of benzene rings is 1. The van der Waals surface area contributed by atoms with Gasteiger partial charge in [-0.15, -0.1) is 0 Å². The second kappa shape index (κ2) is 9.72. The van der Waals surface area contributed by atoms with Crippen LogP contribution in [0.2, 0.25) is 0 Å². The van der Waals surface area contributed by atoms with Crippen molar-refractivity contribution in [3.8, 4) is 0 Å². The lowest BCUT2D eigenvalue weighted by atomic mass is 9.84. The van der Waals surface area contributed by atoms with Crippen LogP contribution in [0.15, 0.2) is 29.3 Å². The van der Waals surface area contributed by atoms with Gasteiger partial charge in [-0.05, 0) is 36.5 Å². The molecule has 0 radical (unpaired) electrons. The zero-order chi connectivity index (χ0) is 16.4. The van der Waals surface area contributed by atoms with Crippen LogP contribution in [-0.4, -0.2) is 38.1 Å². The molecule has 0 amide bonds. The fourth-order valence-electron chi connectivity index (χ4n) is 2.21. The Labute approximate surface area is 138 Å². The second-order valence-electron chi connectivity index (χ2n) is 5.92. The minimum absolute atomic E-state index is 0.158. The number of guanidine groups is 1. The number of unbranched alkanes of at least 4 members (excludes halogenated alkanes) is 1. The van der Waals surface area contributed by atoms with Crippen LogP contribution < -0.4 is 10.6 Å². The molecule has 0 saturated carbocycles. The maximum atomic E-state index is 13.9. The van der Waals surface area contributed by atoms with E-state index in [0.717, 1.165) is 24.5 Å². The van der Waals surface area contributed by atoms with Crippen molar-refractivity contribution in [2.24, 2.45) is 4.99 Å². The minimum Gasteiger partial charge on any atom is -0.356 e. The van der Waals surface area contributed by atoms with Gasteiger partial charge in [-0.1, -0.05) is 32.0 Å². The Kier molecular flexibility index (Phi) is 8.31. The van der Waals surface area contributed by atoms with Gasteiger partial charge in [0.05, 0.1) is 0 Å². The van der Waals surface area contributed by atoms with E-state index >= 15 is 0 Å². The van der Waals surface area contributed by atoms with Gasteiger partial charge in [-0.25, -0.2) is 4.39 Å². The molecule has 5 heteroatoms. The van der Waals surface area contributed by atoms with Crippen LogP contribution in [-0.2, 0) is 5.41 Å². The van der Waals surface area contributed by atoms with Gasteiger partial charge in [0.1, 0.15) is 5.82 Å². The highest BCUT2D eigenvalue weighted by molar-refractivity contribution is 7.98. The van der Waals surface area contributed by atoms with Crippen LogP contribution in [0.25, 0.3) is 0 Å². The van der Waals surface area contributed by atoms with E-state index in [-0.39, 0.29) is 11.2 Å². The number of hydrogen-bond donors (Lipinski definition) is 2. The Morgan fingerprint density at radius 3 is 2.59 bits per heavy atom. The average Bonchev–Trinajstić information content (AvgIpc) is 2.50. The molecule has 0 spiro atoms. The summed E-state index contributed by atoms with van der Waals surface area (Å²) >= 11 is 1.87. The number of hydrogen-bond acceptors (Lipinski definition) is 2. The first-order valence-electron chi connectivity index (χ1n) is 7.69. The van der Waals surface area contributed by atoms with Crippen LogP contribution >= 0.6 is 11.8 Å². The van der Waals surface area contributed by atoms with E-state index in [1.165, 1.54) is 18.2 Å². The standard InChI is InChI=1S/C17H28FN3S/c1-17(2,14-9-5-6-10-15(14)18)13-21-16(19-3)20-11-7-8-12-22-4/h5-6,9-10H,7-8,11-13H2,1-4H3,(H2,19,20,21). The molecule has 0 aliphatic carbocycles. The van der Waals surface area contributed by atoms with Crippen molar-refractivity contribution < 1.29 is 4.39 Å². The molecule has 124 valence electrons. The molecule has 1 rings (SSSR count). The van der Waals surface area contributed by atoms with E-state index in [4.69, 9.17) is 0 Å². The van der Waals surface area contributed by atoms with E-state index in [1.807, 2.05) is 37.7 Å². The van der Waals surface area contributed by atoms with Crippen LogP contribution in [0, 0.1) is 5.82 Å². The molecule has 22 heavy (non-hydrogen) atoms. The molecular weight excluding hydrogens is 297 g/mol. The summed E-state index contributed by atoms with van der Waals surface area (Å²) in [7, 11) is 1.76. The maximum absolute atomic E-state index is 13.9. The fourth-order valence-corrected chi connectivity index (χ4v) is 2.70. The van der Waals surface area contributed by atoms with Gasteiger partial charge in [0.25, 0.3) is 0 Å². The Morgan fingerprint density at radius 2 is 1.95 bits per heavy atom. The molecule has 0 fully saturated rings.